The lowest BCUT2D eigenvalue weighted by Gasteiger charge is -2.18. The molecule has 1 aromatic carbocycles. The van der Waals surface area contributed by atoms with Crippen LogP contribution in [0.15, 0.2) is 36.9 Å². The fourth-order valence-corrected chi connectivity index (χ4v) is 1.78. The molecule has 0 fully saturated rings. The Morgan fingerprint density at radius 2 is 2.05 bits per heavy atom. The second kappa shape index (κ2) is 8.59. The summed E-state index contributed by atoms with van der Waals surface area (Å²) in [6.07, 6.45) is 3.57. The molecule has 0 aromatic heterocycles. The summed E-state index contributed by atoms with van der Waals surface area (Å²) < 4.78 is 5.58. The third-order valence-electron chi connectivity index (χ3n) is 2.70. The van der Waals surface area contributed by atoms with E-state index in [1.54, 1.807) is 30.0 Å². The highest BCUT2D eigenvalue weighted by molar-refractivity contribution is 6.30. The highest BCUT2D eigenvalue weighted by Crippen LogP contribution is 2.15. The zero-order valence-electron chi connectivity index (χ0n) is 11.3. The van der Waals surface area contributed by atoms with Crippen LogP contribution in [-0.2, 0) is 4.79 Å². The van der Waals surface area contributed by atoms with Crippen LogP contribution >= 0.6 is 11.6 Å². The molecule has 3 nitrogen and oxygen atoms in total. The van der Waals surface area contributed by atoms with E-state index in [4.69, 9.17) is 16.3 Å². The number of carbonyl (C=O) groups is 1. The SMILES string of the molecule is C=CCN(CCCCOc1ccc(Cl)cc1)C(C)=O. The van der Waals surface area contributed by atoms with Crippen molar-refractivity contribution in [2.75, 3.05) is 19.7 Å². The maximum Gasteiger partial charge on any atom is 0.219 e. The van der Waals surface area contributed by atoms with Crippen LogP contribution in [0.3, 0.4) is 0 Å². The lowest BCUT2D eigenvalue weighted by atomic mass is 10.3. The highest BCUT2D eigenvalue weighted by Gasteiger charge is 2.05. The first kappa shape index (κ1) is 15.6. The minimum Gasteiger partial charge on any atom is -0.494 e. The lowest BCUT2D eigenvalue weighted by molar-refractivity contribution is -0.128. The average Bonchev–Trinajstić information content (AvgIpc) is 2.39. The van der Waals surface area contributed by atoms with Crippen LogP contribution in [0.25, 0.3) is 0 Å². The molecule has 0 bridgehead atoms. The summed E-state index contributed by atoms with van der Waals surface area (Å²) in [7, 11) is 0. The Morgan fingerprint density at radius 1 is 1.37 bits per heavy atom. The number of unbranched alkanes of at least 4 members (excludes halogenated alkanes) is 1. The zero-order chi connectivity index (χ0) is 14.1. The molecule has 0 atom stereocenters. The first-order valence-electron chi connectivity index (χ1n) is 6.38. The molecule has 0 aliphatic rings. The first-order valence-corrected chi connectivity index (χ1v) is 6.76. The molecule has 0 N–H and O–H groups in total. The van der Waals surface area contributed by atoms with E-state index >= 15 is 0 Å². The van der Waals surface area contributed by atoms with E-state index in [1.165, 1.54) is 0 Å². The third-order valence-corrected chi connectivity index (χ3v) is 2.95. The smallest absolute Gasteiger partial charge is 0.219 e. The van der Waals surface area contributed by atoms with Crippen LogP contribution in [0.4, 0.5) is 0 Å². The molecule has 1 aromatic rings. The van der Waals surface area contributed by atoms with Crippen LogP contribution < -0.4 is 4.74 Å². The number of hydrogen-bond donors (Lipinski definition) is 0. The number of benzene rings is 1. The van der Waals surface area contributed by atoms with Crippen molar-refractivity contribution in [2.24, 2.45) is 0 Å². The number of carbonyl (C=O) groups excluding carboxylic acids is 1. The summed E-state index contributed by atoms with van der Waals surface area (Å²) in [4.78, 5) is 13.1. The van der Waals surface area contributed by atoms with Gasteiger partial charge in [0.2, 0.25) is 5.91 Å². The van der Waals surface area contributed by atoms with E-state index in [0.29, 0.717) is 18.2 Å². The Labute approximate surface area is 119 Å². The van der Waals surface area contributed by atoms with E-state index in [2.05, 4.69) is 6.58 Å². The van der Waals surface area contributed by atoms with Gasteiger partial charge in [-0.15, -0.1) is 6.58 Å². The molecule has 0 aliphatic heterocycles. The average molecular weight is 282 g/mol. The Kier molecular flexibility index (Phi) is 7.04. The maximum atomic E-state index is 11.3. The number of amides is 1. The van der Waals surface area contributed by atoms with Crippen molar-refractivity contribution >= 4 is 17.5 Å². The normalized spacial score (nSPS) is 10.0. The minimum atomic E-state index is 0.0820. The van der Waals surface area contributed by atoms with E-state index in [-0.39, 0.29) is 5.91 Å². The van der Waals surface area contributed by atoms with Gasteiger partial charge < -0.3 is 9.64 Å². The lowest BCUT2D eigenvalue weighted by Crippen LogP contribution is -2.30. The standard InChI is InChI=1S/C15H20ClNO2/c1-3-10-17(13(2)18)11-4-5-12-19-15-8-6-14(16)7-9-15/h3,6-9H,1,4-5,10-12H2,2H3. The van der Waals surface area contributed by atoms with Gasteiger partial charge in [-0.05, 0) is 37.1 Å². The summed E-state index contributed by atoms with van der Waals surface area (Å²) in [5.41, 5.74) is 0. The number of ether oxygens (including phenoxy) is 1. The van der Waals surface area contributed by atoms with E-state index in [9.17, 15) is 4.79 Å². The third kappa shape index (κ3) is 6.30. The molecule has 0 saturated carbocycles. The van der Waals surface area contributed by atoms with E-state index in [0.717, 1.165) is 25.1 Å². The van der Waals surface area contributed by atoms with Crippen molar-refractivity contribution in [3.63, 3.8) is 0 Å². The molecule has 1 amide bonds. The van der Waals surface area contributed by atoms with E-state index < -0.39 is 0 Å². The van der Waals surface area contributed by atoms with Crippen molar-refractivity contribution in [3.05, 3.63) is 41.9 Å². The molecule has 1 rings (SSSR count). The second-order valence-corrected chi connectivity index (χ2v) is 4.70. The summed E-state index contributed by atoms with van der Waals surface area (Å²) in [5.74, 6) is 0.900. The van der Waals surface area contributed by atoms with Crippen molar-refractivity contribution in [1.82, 2.24) is 4.90 Å². The van der Waals surface area contributed by atoms with Gasteiger partial charge in [0.25, 0.3) is 0 Å². The molecule has 0 spiro atoms. The predicted molar refractivity (Wildman–Crippen MR) is 78.6 cm³/mol. The van der Waals surface area contributed by atoms with Gasteiger partial charge in [-0.3, -0.25) is 4.79 Å². The summed E-state index contributed by atoms with van der Waals surface area (Å²) in [6.45, 7) is 7.21. The molecule has 0 saturated heterocycles. The Hall–Kier alpha value is -1.48. The van der Waals surface area contributed by atoms with Gasteiger partial charge in [0.1, 0.15) is 5.75 Å². The largest absolute Gasteiger partial charge is 0.494 e. The van der Waals surface area contributed by atoms with Gasteiger partial charge in [0.05, 0.1) is 6.61 Å². The quantitative estimate of drug-likeness (QED) is 0.539. The summed E-state index contributed by atoms with van der Waals surface area (Å²) in [6, 6.07) is 7.31. The van der Waals surface area contributed by atoms with Gasteiger partial charge in [-0.2, -0.15) is 0 Å². The molecule has 0 aliphatic carbocycles. The number of halogens is 1. The Balaban J connectivity index is 2.18. The van der Waals surface area contributed by atoms with Crippen LogP contribution in [0.1, 0.15) is 19.8 Å². The number of rotatable bonds is 8. The first-order chi connectivity index (χ1) is 9.13. The van der Waals surface area contributed by atoms with Gasteiger partial charge in [0, 0.05) is 25.0 Å². The second-order valence-electron chi connectivity index (χ2n) is 4.26. The summed E-state index contributed by atoms with van der Waals surface area (Å²) in [5, 5.41) is 0.703. The Bertz CT molecular complexity index is 403. The molecular weight excluding hydrogens is 262 g/mol. The fraction of sp³-hybridized carbons (Fsp3) is 0.400. The number of hydrogen-bond acceptors (Lipinski definition) is 2. The van der Waals surface area contributed by atoms with Crippen molar-refractivity contribution in [3.8, 4) is 5.75 Å². The molecular formula is C15H20ClNO2. The summed E-state index contributed by atoms with van der Waals surface area (Å²) >= 11 is 5.79. The molecule has 0 unspecified atom stereocenters. The van der Waals surface area contributed by atoms with Crippen molar-refractivity contribution in [2.45, 2.75) is 19.8 Å². The fourth-order valence-electron chi connectivity index (χ4n) is 1.66. The van der Waals surface area contributed by atoms with Crippen LogP contribution in [0.5, 0.6) is 5.75 Å². The Morgan fingerprint density at radius 3 is 2.63 bits per heavy atom. The van der Waals surface area contributed by atoms with E-state index in [1.807, 2.05) is 12.1 Å². The monoisotopic (exact) mass is 281 g/mol. The zero-order valence-corrected chi connectivity index (χ0v) is 12.0. The molecule has 19 heavy (non-hydrogen) atoms. The van der Waals surface area contributed by atoms with Gasteiger partial charge >= 0.3 is 0 Å². The minimum absolute atomic E-state index is 0.0820. The van der Waals surface area contributed by atoms with Crippen molar-refractivity contribution < 1.29 is 9.53 Å². The van der Waals surface area contributed by atoms with Crippen LogP contribution in [-0.4, -0.2) is 30.5 Å². The van der Waals surface area contributed by atoms with Gasteiger partial charge in [0.15, 0.2) is 0 Å². The molecule has 104 valence electrons. The van der Waals surface area contributed by atoms with Crippen LogP contribution in [0.2, 0.25) is 5.02 Å². The predicted octanol–water partition coefficient (Wildman–Crippen LogP) is 3.53. The van der Waals surface area contributed by atoms with Crippen LogP contribution in [0, 0.1) is 0 Å². The molecule has 0 radical (unpaired) electrons. The topological polar surface area (TPSA) is 29.5 Å². The van der Waals surface area contributed by atoms with Crippen molar-refractivity contribution in [1.29, 1.82) is 0 Å². The number of nitrogens with zero attached hydrogens (tertiary/aromatic N) is 1. The maximum absolute atomic E-state index is 11.3. The molecule has 4 heteroatoms. The van der Waals surface area contributed by atoms with Gasteiger partial charge in [-0.1, -0.05) is 17.7 Å². The highest BCUT2D eigenvalue weighted by atomic mass is 35.5. The molecule has 0 heterocycles. The van der Waals surface area contributed by atoms with Gasteiger partial charge in [-0.25, -0.2) is 0 Å².